The first-order chi connectivity index (χ1) is 15.5. The van der Waals surface area contributed by atoms with Crippen LogP contribution in [0.1, 0.15) is 36.0 Å². The smallest absolute Gasteiger partial charge is 0.349 e. The zero-order valence-corrected chi connectivity index (χ0v) is 19.0. The summed E-state index contributed by atoms with van der Waals surface area (Å²) in [6, 6.07) is 6.91. The second-order valence-corrected chi connectivity index (χ2v) is 8.95. The quantitative estimate of drug-likeness (QED) is 0.394. The number of amides is 1. The predicted molar refractivity (Wildman–Crippen MR) is 120 cm³/mol. The minimum absolute atomic E-state index is 0.0112. The summed E-state index contributed by atoms with van der Waals surface area (Å²) in [4.78, 5) is 17.2. The molecular weight excluding hydrogens is 483 g/mol. The van der Waals surface area contributed by atoms with Gasteiger partial charge in [0.05, 0.1) is 32.7 Å². The molecule has 33 heavy (non-hydrogen) atoms. The average Bonchev–Trinajstić information content (AvgIpc) is 3.05. The van der Waals surface area contributed by atoms with Crippen molar-refractivity contribution >= 4 is 51.8 Å². The third-order valence-electron chi connectivity index (χ3n) is 5.91. The number of nitrogens with one attached hydrogen (secondary N) is 2. The van der Waals surface area contributed by atoms with E-state index in [1.807, 2.05) is 0 Å². The maximum atomic E-state index is 13.4. The van der Waals surface area contributed by atoms with Crippen molar-refractivity contribution in [2.24, 2.45) is 13.0 Å². The summed E-state index contributed by atoms with van der Waals surface area (Å²) in [7, 11) is 1.75. The standard InChI is InChI=1S/C22H20Cl2F4N4O/c1-32-18-7-2-11(20(33)29-14-5-3-12(4-6-14)22(26,27)28)8-17(18)30-21(32)31-19-15(23)9-13(25)10-16(19)24/h2,7-10,12,14H,3-6H2,1H3,(H,29,33)(H,30,31)/t12-,14-. The SMILES string of the molecule is Cn1c(Nc2c(Cl)cc(F)cc2Cl)nc2cc(C(=O)N[C@H]3CC[C@H](C(F)(F)F)CC3)ccc21. The molecule has 0 spiro atoms. The van der Waals surface area contributed by atoms with Crippen LogP contribution in [0.5, 0.6) is 0 Å². The zero-order chi connectivity index (χ0) is 23.9. The maximum Gasteiger partial charge on any atom is 0.391 e. The van der Waals surface area contributed by atoms with Gasteiger partial charge in [-0.15, -0.1) is 0 Å². The molecule has 3 aromatic rings. The van der Waals surface area contributed by atoms with E-state index in [4.69, 9.17) is 23.2 Å². The number of halogens is 6. The van der Waals surface area contributed by atoms with Gasteiger partial charge in [0, 0.05) is 18.7 Å². The number of aromatic nitrogens is 2. The van der Waals surface area contributed by atoms with Gasteiger partial charge in [0.1, 0.15) is 5.82 Å². The number of benzene rings is 2. The van der Waals surface area contributed by atoms with Crippen molar-refractivity contribution in [3.63, 3.8) is 0 Å². The second-order valence-electron chi connectivity index (χ2n) is 8.13. The molecule has 1 aliphatic rings. The number of imidazole rings is 1. The van der Waals surface area contributed by atoms with E-state index in [0.717, 1.165) is 12.1 Å². The number of alkyl halides is 3. The normalized spacial score (nSPS) is 19.0. The molecule has 1 saturated carbocycles. The van der Waals surface area contributed by atoms with Gasteiger partial charge in [-0.2, -0.15) is 13.2 Å². The molecule has 0 saturated heterocycles. The Hall–Kier alpha value is -2.52. The molecule has 1 aliphatic carbocycles. The summed E-state index contributed by atoms with van der Waals surface area (Å²) in [5.41, 5.74) is 1.88. The molecule has 11 heteroatoms. The summed E-state index contributed by atoms with van der Waals surface area (Å²) >= 11 is 12.2. The van der Waals surface area contributed by atoms with Crippen LogP contribution in [0.3, 0.4) is 0 Å². The first-order valence-electron chi connectivity index (χ1n) is 10.3. The lowest BCUT2D eigenvalue weighted by Gasteiger charge is -2.30. The fourth-order valence-electron chi connectivity index (χ4n) is 4.06. The molecule has 1 fully saturated rings. The highest BCUT2D eigenvalue weighted by molar-refractivity contribution is 6.39. The van der Waals surface area contributed by atoms with E-state index in [0.29, 0.717) is 28.2 Å². The lowest BCUT2D eigenvalue weighted by molar-refractivity contribution is -0.182. The number of carbonyl (C=O) groups is 1. The van der Waals surface area contributed by atoms with Crippen LogP contribution in [0.15, 0.2) is 30.3 Å². The average molecular weight is 503 g/mol. The molecule has 0 unspecified atom stereocenters. The van der Waals surface area contributed by atoms with Crippen LogP contribution < -0.4 is 10.6 Å². The van der Waals surface area contributed by atoms with E-state index in [1.54, 1.807) is 29.8 Å². The fourth-order valence-corrected chi connectivity index (χ4v) is 4.61. The van der Waals surface area contributed by atoms with Crippen molar-refractivity contribution in [2.45, 2.75) is 37.9 Å². The number of rotatable bonds is 4. The number of fused-ring (bicyclic) bond motifs is 1. The summed E-state index contributed by atoms with van der Waals surface area (Å²) in [6.07, 6.45) is -3.59. The van der Waals surface area contributed by atoms with Crippen molar-refractivity contribution in [3.8, 4) is 0 Å². The molecule has 4 rings (SSSR count). The van der Waals surface area contributed by atoms with Crippen LogP contribution in [0.25, 0.3) is 11.0 Å². The van der Waals surface area contributed by atoms with Gasteiger partial charge in [-0.05, 0) is 56.0 Å². The van der Waals surface area contributed by atoms with Gasteiger partial charge in [-0.25, -0.2) is 9.37 Å². The molecule has 0 radical (unpaired) electrons. The molecule has 1 heterocycles. The zero-order valence-electron chi connectivity index (χ0n) is 17.4. The molecule has 0 atom stereocenters. The number of aryl methyl sites for hydroxylation is 1. The van der Waals surface area contributed by atoms with Gasteiger partial charge < -0.3 is 15.2 Å². The minimum atomic E-state index is -4.19. The molecule has 5 nitrogen and oxygen atoms in total. The Morgan fingerprint density at radius 3 is 2.33 bits per heavy atom. The number of hydrogen-bond acceptors (Lipinski definition) is 3. The van der Waals surface area contributed by atoms with Crippen molar-refractivity contribution in [3.05, 3.63) is 51.8 Å². The molecule has 1 aromatic heterocycles. The van der Waals surface area contributed by atoms with Gasteiger partial charge in [-0.1, -0.05) is 23.2 Å². The molecule has 0 aliphatic heterocycles. The molecule has 0 bridgehead atoms. The van der Waals surface area contributed by atoms with Crippen LogP contribution >= 0.6 is 23.2 Å². The molecular formula is C22H20Cl2F4N4O. The van der Waals surface area contributed by atoms with Crippen molar-refractivity contribution in [2.75, 3.05) is 5.32 Å². The molecule has 2 N–H and O–H groups in total. The lowest BCUT2D eigenvalue weighted by Crippen LogP contribution is -2.40. The summed E-state index contributed by atoms with van der Waals surface area (Å²) in [5, 5.41) is 5.99. The summed E-state index contributed by atoms with van der Waals surface area (Å²) in [6.45, 7) is 0. The van der Waals surface area contributed by atoms with Gasteiger partial charge >= 0.3 is 6.18 Å². The number of nitrogens with zero attached hydrogens (tertiary/aromatic N) is 2. The second kappa shape index (κ2) is 9.02. The minimum Gasteiger partial charge on any atom is -0.349 e. The Morgan fingerprint density at radius 2 is 1.73 bits per heavy atom. The molecule has 2 aromatic carbocycles. The number of hydrogen-bond donors (Lipinski definition) is 2. The van der Waals surface area contributed by atoms with Crippen molar-refractivity contribution in [1.29, 1.82) is 0 Å². The van der Waals surface area contributed by atoms with E-state index in [2.05, 4.69) is 15.6 Å². The number of carbonyl (C=O) groups excluding carboxylic acids is 1. The Morgan fingerprint density at radius 1 is 1.09 bits per heavy atom. The Balaban J connectivity index is 1.49. The van der Waals surface area contributed by atoms with E-state index >= 15 is 0 Å². The fraction of sp³-hybridized carbons (Fsp3) is 0.364. The third kappa shape index (κ3) is 5.04. The van der Waals surface area contributed by atoms with Gasteiger partial charge in [0.2, 0.25) is 5.95 Å². The monoisotopic (exact) mass is 502 g/mol. The van der Waals surface area contributed by atoms with Crippen LogP contribution in [0, 0.1) is 11.7 Å². The largest absolute Gasteiger partial charge is 0.391 e. The maximum absolute atomic E-state index is 13.4. The van der Waals surface area contributed by atoms with Crippen molar-refractivity contribution < 1.29 is 22.4 Å². The molecule has 1 amide bonds. The van der Waals surface area contributed by atoms with Crippen LogP contribution in [-0.2, 0) is 7.05 Å². The topological polar surface area (TPSA) is 59.0 Å². The highest BCUT2D eigenvalue weighted by Crippen LogP contribution is 2.38. The van der Waals surface area contributed by atoms with Crippen LogP contribution in [0.2, 0.25) is 10.0 Å². The van der Waals surface area contributed by atoms with E-state index in [9.17, 15) is 22.4 Å². The highest BCUT2D eigenvalue weighted by atomic mass is 35.5. The summed E-state index contributed by atoms with van der Waals surface area (Å²) in [5.74, 6) is -1.85. The van der Waals surface area contributed by atoms with Crippen LogP contribution in [-0.4, -0.2) is 27.7 Å². The van der Waals surface area contributed by atoms with Crippen LogP contribution in [0.4, 0.5) is 29.2 Å². The van der Waals surface area contributed by atoms with Gasteiger partial charge in [0.25, 0.3) is 5.91 Å². The van der Waals surface area contributed by atoms with Gasteiger partial charge in [0.15, 0.2) is 0 Å². The lowest BCUT2D eigenvalue weighted by atomic mass is 9.85. The third-order valence-corrected chi connectivity index (χ3v) is 6.51. The van der Waals surface area contributed by atoms with E-state index in [-0.39, 0.29) is 47.7 Å². The first kappa shape index (κ1) is 23.6. The highest BCUT2D eigenvalue weighted by Gasteiger charge is 2.41. The Labute approximate surface area is 197 Å². The predicted octanol–water partition coefficient (Wildman–Crippen LogP) is 6.61. The molecule has 176 valence electrons. The van der Waals surface area contributed by atoms with Crippen molar-refractivity contribution in [1.82, 2.24) is 14.9 Å². The van der Waals surface area contributed by atoms with Gasteiger partial charge in [-0.3, -0.25) is 4.79 Å². The number of anilines is 2. The van der Waals surface area contributed by atoms with E-state index in [1.165, 1.54) is 0 Å². The first-order valence-corrected chi connectivity index (χ1v) is 11.0. The Kier molecular flexibility index (Phi) is 6.46. The Bertz CT molecular complexity index is 1180. The summed E-state index contributed by atoms with van der Waals surface area (Å²) < 4.78 is 53.7. The van der Waals surface area contributed by atoms with E-state index < -0.39 is 17.9 Å².